The van der Waals surface area contributed by atoms with Crippen LogP contribution in [0.4, 0.5) is 4.79 Å². The summed E-state index contributed by atoms with van der Waals surface area (Å²) in [6, 6.07) is 0. The molecule has 0 atom stereocenters. The van der Waals surface area contributed by atoms with Crippen molar-refractivity contribution in [1.29, 1.82) is 0 Å². The van der Waals surface area contributed by atoms with Gasteiger partial charge in [0.25, 0.3) is 0 Å². The summed E-state index contributed by atoms with van der Waals surface area (Å²) < 4.78 is 10.2. The van der Waals surface area contributed by atoms with Crippen LogP contribution in [0.1, 0.15) is 27.2 Å². The predicted molar refractivity (Wildman–Crippen MR) is 67.7 cm³/mol. The fraction of sp³-hybridized carbons (Fsp3) is 0.818. The van der Waals surface area contributed by atoms with Crippen LogP contribution in [0.3, 0.4) is 0 Å². The molecule has 0 aliphatic rings. The SMILES string of the molecule is COCCN(CCC(N)=NO)C(=O)OC(C)(C)C. The predicted octanol–water partition coefficient (Wildman–Crippen LogP) is 1.01. The van der Waals surface area contributed by atoms with Crippen molar-refractivity contribution in [2.24, 2.45) is 10.9 Å². The van der Waals surface area contributed by atoms with Gasteiger partial charge in [-0.15, -0.1) is 0 Å². The van der Waals surface area contributed by atoms with Crippen LogP contribution in [0, 0.1) is 0 Å². The molecule has 7 nitrogen and oxygen atoms in total. The van der Waals surface area contributed by atoms with E-state index in [-0.39, 0.29) is 12.3 Å². The first-order valence-corrected chi connectivity index (χ1v) is 5.73. The highest BCUT2D eigenvalue weighted by atomic mass is 16.6. The molecule has 1 amide bonds. The largest absolute Gasteiger partial charge is 0.444 e. The normalized spacial score (nSPS) is 12.3. The van der Waals surface area contributed by atoms with E-state index >= 15 is 0 Å². The molecule has 0 unspecified atom stereocenters. The van der Waals surface area contributed by atoms with Gasteiger partial charge in [-0.2, -0.15) is 0 Å². The lowest BCUT2D eigenvalue weighted by Crippen LogP contribution is -2.40. The average Bonchev–Trinajstić information content (AvgIpc) is 2.26. The van der Waals surface area contributed by atoms with Gasteiger partial charge in [0.1, 0.15) is 11.4 Å². The number of ether oxygens (including phenoxy) is 2. The standard InChI is InChI=1S/C11H23N3O4/c1-11(2,3)18-10(15)14(7-8-17-4)6-5-9(12)13-16/h16H,5-8H2,1-4H3,(H2,12,13). The minimum absolute atomic E-state index is 0.0703. The van der Waals surface area contributed by atoms with Crippen LogP contribution in [-0.2, 0) is 9.47 Å². The Hall–Kier alpha value is -1.50. The number of carbonyl (C=O) groups excluding carboxylic acids is 1. The molecule has 0 aromatic heterocycles. The number of hydrogen-bond acceptors (Lipinski definition) is 5. The third-order valence-corrected chi connectivity index (χ3v) is 1.98. The molecular formula is C11H23N3O4. The Morgan fingerprint density at radius 3 is 2.44 bits per heavy atom. The first kappa shape index (κ1) is 16.5. The van der Waals surface area contributed by atoms with Crippen LogP contribution in [0.5, 0.6) is 0 Å². The van der Waals surface area contributed by atoms with E-state index in [1.54, 1.807) is 27.9 Å². The Balaban J connectivity index is 4.42. The molecule has 7 heteroatoms. The molecule has 0 radical (unpaired) electrons. The number of oxime groups is 1. The quantitative estimate of drug-likeness (QED) is 0.322. The molecule has 0 heterocycles. The minimum Gasteiger partial charge on any atom is -0.444 e. The van der Waals surface area contributed by atoms with Crippen molar-refractivity contribution in [3.63, 3.8) is 0 Å². The molecule has 0 saturated carbocycles. The van der Waals surface area contributed by atoms with E-state index in [2.05, 4.69) is 5.16 Å². The van der Waals surface area contributed by atoms with Crippen molar-refractivity contribution in [1.82, 2.24) is 4.90 Å². The van der Waals surface area contributed by atoms with E-state index in [0.717, 1.165) is 0 Å². The zero-order valence-electron chi connectivity index (χ0n) is 11.5. The molecule has 0 fully saturated rings. The highest BCUT2D eigenvalue weighted by Crippen LogP contribution is 2.10. The molecule has 0 saturated heterocycles. The highest BCUT2D eigenvalue weighted by molar-refractivity contribution is 5.80. The van der Waals surface area contributed by atoms with Gasteiger partial charge >= 0.3 is 6.09 Å². The van der Waals surface area contributed by atoms with Crippen LogP contribution in [0.25, 0.3) is 0 Å². The van der Waals surface area contributed by atoms with Gasteiger partial charge in [-0.3, -0.25) is 0 Å². The van der Waals surface area contributed by atoms with Crippen LogP contribution in [0.15, 0.2) is 5.16 Å². The lowest BCUT2D eigenvalue weighted by atomic mass is 10.2. The van der Waals surface area contributed by atoms with E-state index in [9.17, 15) is 4.79 Å². The smallest absolute Gasteiger partial charge is 0.410 e. The average molecular weight is 261 g/mol. The number of rotatable bonds is 6. The maximum absolute atomic E-state index is 11.9. The number of amidine groups is 1. The van der Waals surface area contributed by atoms with Gasteiger partial charge in [0.05, 0.1) is 6.61 Å². The summed E-state index contributed by atoms with van der Waals surface area (Å²) in [5, 5.41) is 11.3. The van der Waals surface area contributed by atoms with Gasteiger partial charge in [-0.05, 0) is 20.8 Å². The maximum atomic E-state index is 11.9. The molecule has 0 bridgehead atoms. The Morgan fingerprint density at radius 1 is 1.39 bits per heavy atom. The second kappa shape index (κ2) is 7.75. The molecule has 106 valence electrons. The zero-order valence-corrected chi connectivity index (χ0v) is 11.5. The topological polar surface area (TPSA) is 97.4 Å². The number of carbonyl (C=O) groups is 1. The summed E-state index contributed by atoms with van der Waals surface area (Å²) in [6.45, 7) is 6.49. The summed E-state index contributed by atoms with van der Waals surface area (Å²) >= 11 is 0. The first-order chi connectivity index (χ1) is 8.30. The van der Waals surface area contributed by atoms with E-state index < -0.39 is 11.7 Å². The highest BCUT2D eigenvalue weighted by Gasteiger charge is 2.21. The summed E-state index contributed by atoms with van der Waals surface area (Å²) in [4.78, 5) is 13.3. The van der Waals surface area contributed by atoms with E-state index in [4.69, 9.17) is 20.4 Å². The number of nitrogens with two attached hydrogens (primary N) is 1. The van der Waals surface area contributed by atoms with Crippen LogP contribution >= 0.6 is 0 Å². The van der Waals surface area contributed by atoms with Crippen molar-refractivity contribution < 1.29 is 19.5 Å². The number of hydrogen-bond donors (Lipinski definition) is 2. The van der Waals surface area contributed by atoms with Gasteiger partial charge in [0.15, 0.2) is 0 Å². The van der Waals surface area contributed by atoms with Gasteiger partial charge in [0, 0.05) is 26.6 Å². The molecule has 0 aliphatic carbocycles. The lowest BCUT2D eigenvalue weighted by molar-refractivity contribution is 0.0207. The maximum Gasteiger partial charge on any atom is 0.410 e. The van der Waals surface area contributed by atoms with Gasteiger partial charge in [0.2, 0.25) is 0 Å². The summed E-state index contributed by atoms with van der Waals surface area (Å²) in [5.74, 6) is 0.0703. The molecule has 18 heavy (non-hydrogen) atoms. The molecular weight excluding hydrogens is 238 g/mol. The van der Waals surface area contributed by atoms with E-state index in [1.807, 2.05) is 0 Å². The van der Waals surface area contributed by atoms with Crippen molar-refractivity contribution in [2.45, 2.75) is 32.8 Å². The fourth-order valence-electron chi connectivity index (χ4n) is 1.12. The zero-order chi connectivity index (χ0) is 14.2. The Labute approximate surface area is 108 Å². The van der Waals surface area contributed by atoms with Crippen molar-refractivity contribution >= 4 is 11.9 Å². The van der Waals surface area contributed by atoms with E-state index in [0.29, 0.717) is 19.7 Å². The molecule has 0 aromatic carbocycles. The van der Waals surface area contributed by atoms with Crippen molar-refractivity contribution in [3.8, 4) is 0 Å². The van der Waals surface area contributed by atoms with Gasteiger partial charge in [-0.1, -0.05) is 5.16 Å². The first-order valence-electron chi connectivity index (χ1n) is 5.73. The van der Waals surface area contributed by atoms with Crippen molar-refractivity contribution in [2.75, 3.05) is 26.8 Å². The Bertz CT molecular complexity index is 287. The van der Waals surface area contributed by atoms with Crippen molar-refractivity contribution in [3.05, 3.63) is 0 Å². The molecule has 0 aliphatic heterocycles. The van der Waals surface area contributed by atoms with Crippen LogP contribution < -0.4 is 5.73 Å². The molecule has 0 spiro atoms. The molecule has 3 N–H and O–H groups in total. The number of amides is 1. The molecule has 0 aromatic rings. The molecule has 0 rings (SSSR count). The second-order valence-corrected chi connectivity index (χ2v) is 4.80. The Kier molecular flexibility index (Phi) is 7.11. The minimum atomic E-state index is -0.557. The monoisotopic (exact) mass is 261 g/mol. The van der Waals surface area contributed by atoms with Crippen LogP contribution in [0.2, 0.25) is 0 Å². The number of methoxy groups -OCH3 is 1. The third-order valence-electron chi connectivity index (χ3n) is 1.98. The lowest BCUT2D eigenvalue weighted by Gasteiger charge is -2.27. The third kappa shape index (κ3) is 7.72. The van der Waals surface area contributed by atoms with Gasteiger partial charge < -0.3 is 25.3 Å². The second-order valence-electron chi connectivity index (χ2n) is 4.80. The summed E-state index contributed by atoms with van der Waals surface area (Å²) in [6.07, 6.45) is -0.162. The fourth-order valence-corrected chi connectivity index (χ4v) is 1.12. The van der Waals surface area contributed by atoms with E-state index in [1.165, 1.54) is 4.90 Å². The summed E-state index contributed by atoms with van der Waals surface area (Å²) in [5.41, 5.74) is 4.81. The number of nitrogens with zero attached hydrogens (tertiary/aromatic N) is 2. The summed E-state index contributed by atoms with van der Waals surface area (Å²) in [7, 11) is 1.55. The Morgan fingerprint density at radius 2 is 2.00 bits per heavy atom. The van der Waals surface area contributed by atoms with Crippen LogP contribution in [-0.4, -0.2) is 54.4 Å². The van der Waals surface area contributed by atoms with Gasteiger partial charge in [-0.25, -0.2) is 4.79 Å².